The Hall–Kier alpha value is -3.40. The van der Waals surface area contributed by atoms with Crippen LogP contribution in [-0.4, -0.2) is 24.2 Å². The summed E-state index contributed by atoms with van der Waals surface area (Å²) in [5, 5.41) is 6.23. The lowest BCUT2D eigenvalue weighted by Crippen LogP contribution is -2.45. The number of hydrazone groups is 1. The van der Waals surface area contributed by atoms with E-state index in [1.165, 1.54) is 16.8 Å². The highest BCUT2D eigenvalue weighted by atomic mass is 16.2. The van der Waals surface area contributed by atoms with Crippen LogP contribution in [0.1, 0.15) is 54.7 Å². The van der Waals surface area contributed by atoms with Crippen LogP contribution in [0.25, 0.3) is 16.3 Å². The molecular formula is C27H29N3O. The lowest BCUT2D eigenvalue weighted by molar-refractivity contribution is 0.0957. The van der Waals surface area contributed by atoms with E-state index in [9.17, 15) is 4.79 Å². The van der Waals surface area contributed by atoms with Crippen LogP contribution in [0.3, 0.4) is 0 Å². The molecule has 0 radical (unpaired) electrons. The van der Waals surface area contributed by atoms with Crippen LogP contribution >= 0.6 is 0 Å². The number of nitrogens with one attached hydrogen (secondary N) is 1. The van der Waals surface area contributed by atoms with Crippen molar-refractivity contribution in [3.63, 3.8) is 0 Å². The number of nitrogens with zero attached hydrogens (tertiary/aromatic N) is 2. The number of hydrogen-bond acceptors (Lipinski definition) is 3. The molecule has 0 atom stereocenters. The summed E-state index contributed by atoms with van der Waals surface area (Å²) in [6, 6.07) is 18.0. The fraction of sp³-hybridized carbons (Fsp3) is 0.259. The Labute approximate surface area is 184 Å². The Bertz CT molecular complexity index is 1220. The molecule has 0 fully saturated rings. The van der Waals surface area contributed by atoms with E-state index < -0.39 is 0 Å². The zero-order valence-electron chi connectivity index (χ0n) is 18.9. The van der Waals surface area contributed by atoms with Gasteiger partial charge in [-0.05, 0) is 80.3 Å². The second-order valence-corrected chi connectivity index (χ2v) is 8.68. The average Bonchev–Trinajstić information content (AvgIpc) is 2.73. The Balaban J connectivity index is 1.60. The minimum absolute atomic E-state index is 0.0136. The Morgan fingerprint density at radius 2 is 1.84 bits per heavy atom. The van der Waals surface area contributed by atoms with Crippen LogP contribution in [-0.2, 0) is 0 Å². The number of anilines is 1. The van der Waals surface area contributed by atoms with Crippen LogP contribution in [0.15, 0.2) is 65.8 Å². The van der Waals surface area contributed by atoms with Crippen LogP contribution in [0, 0.1) is 6.92 Å². The highest BCUT2D eigenvalue weighted by molar-refractivity contribution is 6.07. The van der Waals surface area contributed by atoms with Crippen molar-refractivity contribution in [2.24, 2.45) is 5.10 Å². The summed E-state index contributed by atoms with van der Waals surface area (Å²) in [6.07, 6.45) is 4.05. The summed E-state index contributed by atoms with van der Waals surface area (Å²) in [5.74, 6) is -0.210. The lowest BCUT2D eigenvalue weighted by atomic mass is 9.87. The molecule has 3 aromatic rings. The number of carbonyl (C=O) groups is 1. The van der Waals surface area contributed by atoms with E-state index in [4.69, 9.17) is 0 Å². The molecule has 4 heteroatoms. The molecule has 4 nitrogen and oxygen atoms in total. The quantitative estimate of drug-likeness (QED) is 0.427. The van der Waals surface area contributed by atoms with E-state index in [1.807, 2.05) is 42.5 Å². The topological polar surface area (TPSA) is 44.7 Å². The summed E-state index contributed by atoms with van der Waals surface area (Å²) in [5.41, 5.74) is 9.17. The van der Waals surface area contributed by atoms with E-state index in [0.29, 0.717) is 5.56 Å². The number of likely N-dealkylation sites (N-methyl/N-ethyl adjacent to an activating group) is 1. The maximum absolute atomic E-state index is 12.7. The smallest absolute Gasteiger partial charge is 0.271 e. The van der Waals surface area contributed by atoms with Crippen LogP contribution in [0.5, 0.6) is 0 Å². The molecule has 1 N–H and O–H groups in total. The Morgan fingerprint density at radius 1 is 1.10 bits per heavy atom. The van der Waals surface area contributed by atoms with Crippen molar-refractivity contribution in [1.82, 2.24) is 5.43 Å². The molecule has 0 saturated carbocycles. The van der Waals surface area contributed by atoms with Gasteiger partial charge in [0.05, 0.1) is 11.8 Å². The first-order valence-corrected chi connectivity index (χ1v) is 10.7. The predicted molar refractivity (Wildman–Crippen MR) is 131 cm³/mol. The average molecular weight is 412 g/mol. The SMILES string of the molecule is CCN1c2cc(C)c(/C=N/NC(=O)c3cccc4ccccc34)cc2C(C)=CC1(C)C. The molecule has 31 heavy (non-hydrogen) atoms. The summed E-state index contributed by atoms with van der Waals surface area (Å²) in [4.78, 5) is 15.2. The number of rotatable bonds is 4. The lowest BCUT2D eigenvalue weighted by Gasteiger charge is -2.43. The Morgan fingerprint density at radius 3 is 2.61 bits per heavy atom. The van der Waals surface area contributed by atoms with Gasteiger partial charge in [-0.2, -0.15) is 5.10 Å². The minimum atomic E-state index is -0.210. The van der Waals surface area contributed by atoms with Gasteiger partial charge in [0.2, 0.25) is 0 Å². The van der Waals surface area contributed by atoms with E-state index in [0.717, 1.165) is 28.4 Å². The van der Waals surface area contributed by atoms with Gasteiger partial charge < -0.3 is 4.90 Å². The molecule has 0 spiro atoms. The van der Waals surface area contributed by atoms with Gasteiger partial charge in [0.15, 0.2) is 0 Å². The van der Waals surface area contributed by atoms with Gasteiger partial charge in [0, 0.05) is 23.4 Å². The number of benzene rings is 3. The Kier molecular flexibility index (Phi) is 5.40. The zero-order valence-corrected chi connectivity index (χ0v) is 18.9. The molecule has 158 valence electrons. The second kappa shape index (κ2) is 8.03. The number of carbonyl (C=O) groups excluding carboxylic acids is 1. The molecule has 1 amide bonds. The third-order valence-corrected chi connectivity index (χ3v) is 6.09. The molecule has 1 heterocycles. The first-order valence-electron chi connectivity index (χ1n) is 10.7. The van der Waals surface area contributed by atoms with Gasteiger partial charge in [-0.3, -0.25) is 4.79 Å². The standard InChI is InChI=1S/C27H29N3O/c1-6-30-25-14-18(2)21(15-24(25)19(3)16-27(30,4)5)17-28-29-26(31)23-13-9-11-20-10-7-8-12-22(20)23/h7-17H,6H2,1-5H3,(H,29,31)/b28-17+. The predicted octanol–water partition coefficient (Wildman–Crippen LogP) is 5.93. The van der Waals surface area contributed by atoms with Gasteiger partial charge in [0.1, 0.15) is 0 Å². The fourth-order valence-corrected chi connectivity index (χ4v) is 4.61. The normalized spacial score (nSPS) is 15.1. The molecular weight excluding hydrogens is 382 g/mol. The van der Waals surface area contributed by atoms with Gasteiger partial charge >= 0.3 is 0 Å². The monoisotopic (exact) mass is 411 g/mol. The summed E-state index contributed by atoms with van der Waals surface area (Å²) in [6.45, 7) is 11.9. The van der Waals surface area contributed by atoms with Crippen molar-refractivity contribution in [2.45, 2.75) is 40.2 Å². The maximum Gasteiger partial charge on any atom is 0.271 e. The first kappa shape index (κ1) is 20.9. The number of aryl methyl sites for hydroxylation is 1. The number of allylic oxidation sites excluding steroid dienone is 1. The van der Waals surface area contributed by atoms with Crippen molar-refractivity contribution < 1.29 is 4.79 Å². The number of hydrogen-bond donors (Lipinski definition) is 1. The maximum atomic E-state index is 12.7. The van der Waals surface area contributed by atoms with E-state index in [-0.39, 0.29) is 11.4 Å². The van der Waals surface area contributed by atoms with Crippen molar-refractivity contribution in [3.8, 4) is 0 Å². The summed E-state index contributed by atoms with van der Waals surface area (Å²) in [7, 11) is 0. The fourth-order valence-electron chi connectivity index (χ4n) is 4.61. The molecule has 0 bridgehead atoms. The molecule has 0 aromatic heterocycles. The van der Waals surface area contributed by atoms with Crippen LogP contribution in [0.2, 0.25) is 0 Å². The van der Waals surface area contributed by atoms with Crippen LogP contribution < -0.4 is 10.3 Å². The molecule has 0 aliphatic carbocycles. The molecule has 3 aromatic carbocycles. The molecule has 1 aliphatic rings. The highest BCUT2D eigenvalue weighted by Gasteiger charge is 2.30. The molecule has 0 saturated heterocycles. The van der Waals surface area contributed by atoms with E-state index >= 15 is 0 Å². The van der Waals surface area contributed by atoms with Crippen molar-refractivity contribution >= 4 is 34.2 Å². The minimum Gasteiger partial charge on any atom is -0.363 e. The zero-order chi connectivity index (χ0) is 22.2. The van der Waals surface area contributed by atoms with Crippen molar-refractivity contribution in [1.29, 1.82) is 0 Å². The van der Waals surface area contributed by atoms with Crippen molar-refractivity contribution in [2.75, 3.05) is 11.4 Å². The van der Waals surface area contributed by atoms with Gasteiger partial charge in [-0.1, -0.05) is 42.5 Å². The summed E-state index contributed by atoms with van der Waals surface area (Å²) >= 11 is 0. The number of fused-ring (bicyclic) bond motifs is 2. The molecule has 0 unspecified atom stereocenters. The second-order valence-electron chi connectivity index (χ2n) is 8.68. The largest absolute Gasteiger partial charge is 0.363 e. The van der Waals surface area contributed by atoms with E-state index in [2.05, 4.69) is 68.3 Å². The van der Waals surface area contributed by atoms with Crippen molar-refractivity contribution in [3.05, 3.63) is 82.9 Å². The van der Waals surface area contributed by atoms with Gasteiger partial charge in [-0.25, -0.2) is 5.43 Å². The van der Waals surface area contributed by atoms with Gasteiger partial charge in [-0.15, -0.1) is 0 Å². The molecule has 1 aliphatic heterocycles. The van der Waals surface area contributed by atoms with Crippen LogP contribution in [0.4, 0.5) is 5.69 Å². The van der Waals surface area contributed by atoms with Gasteiger partial charge in [0.25, 0.3) is 5.91 Å². The third-order valence-electron chi connectivity index (χ3n) is 6.09. The highest BCUT2D eigenvalue weighted by Crippen LogP contribution is 2.39. The first-order chi connectivity index (χ1) is 14.8. The summed E-state index contributed by atoms with van der Waals surface area (Å²) < 4.78 is 0. The third kappa shape index (κ3) is 3.86. The molecule has 4 rings (SSSR count). The number of amides is 1. The van der Waals surface area contributed by atoms with E-state index in [1.54, 1.807) is 6.21 Å².